The summed E-state index contributed by atoms with van der Waals surface area (Å²) in [7, 11) is 1.85. The van der Waals surface area contributed by atoms with Crippen LogP contribution in [0.2, 0.25) is 0 Å². The van der Waals surface area contributed by atoms with Gasteiger partial charge in [-0.15, -0.1) is 5.10 Å². The molecular weight excluding hydrogens is 506 g/mol. The van der Waals surface area contributed by atoms with Crippen LogP contribution < -0.4 is 16.6 Å². The molecule has 0 aliphatic rings. The lowest BCUT2D eigenvalue weighted by Gasteiger charge is -2.20. The molecule has 11 heteroatoms. The number of amides is 1. The number of nitrogens with two attached hydrogens (primary N) is 1. The fraction of sp³-hybridized carbons (Fsp3) is 0.103. The molecule has 2 aromatic carbocycles. The summed E-state index contributed by atoms with van der Waals surface area (Å²) in [5.41, 5.74) is 9.07. The van der Waals surface area contributed by atoms with Crippen LogP contribution in [-0.2, 0) is 7.05 Å². The standard InChI is InChI=1S/C29H25N9O2/c1-18(33-28(39)24-25(30)35-37-15-7-14-31-27(24)37)26-34-22-11-6-8-20(13-12-19-16-32-36(2)17-19)23(22)29(40)38(26)21-9-4-3-5-10-21/h3-18H,1-2H3,(H2,30,35)(H,33,39). The Balaban J connectivity index is 1.46. The summed E-state index contributed by atoms with van der Waals surface area (Å²) in [6, 6.07) is 15.8. The number of benzene rings is 2. The summed E-state index contributed by atoms with van der Waals surface area (Å²) >= 11 is 0. The molecule has 0 spiro atoms. The lowest BCUT2D eigenvalue weighted by atomic mass is 10.1. The van der Waals surface area contributed by atoms with Gasteiger partial charge in [0.15, 0.2) is 11.5 Å². The van der Waals surface area contributed by atoms with E-state index in [-0.39, 0.29) is 16.9 Å². The molecule has 0 fully saturated rings. The number of fused-ring (bicyclic) bond motifs is 2. The van der Waals surface area contributed by atoms with Gasteiger partial charge in [0.05, 0.1) is 28.8 Å². The van der Waals surface area contributed by atoms with Crippen LogP contribution in [0, 0.1) is 0 Å². The third-order valence-corrected chi connectivity index (χ3v) is 6.53. The van der Waals surface area contributed by atoms with Gasteiger partial charge >= 0.3 is 0 Å². The highest BCUT2D eigenvalue weighted by molar-refractivity contribution is 6.04. The van der Waals surface area contributed by atoms with Crippen molar-refractivity contribution in [1.82, 2.24) is 39.2 Å². The van der Waals surface area contributed by atoms with Crippen LogP contribution in [0.3, 0.4) is 0 Å². The molecule has 3 N–H and O–H groups in total. The Morgan fingerprint density at radius 2 is 1.90 bits per heavy atom. The molecular formula is C29H25N9O2. The average Bonchev–Trinajstić information content (AvgIpc) is 3.53. The van der Waals surface area contributed by atoms with E-state index in [1.807, 2.05) is 67.9 Å². The number of carbonyl (C=O) groups excluding carboxylic acids is 1. The lowest BCUT2D eigenvalue weighted by molar-refractivity contribution is 0.0940. The first-order valence-electron chi connectivity index (χ1n) is 12.6. The number of rotatable bonds is 6. The van der Waals surface area contributed by atoms with Crippen molar-refractivity contribution in [2.75, 3.05) is 5.73 Å². The molecule has 6 rings (SSSR count). The van der Waals surface area contributed by atoms with Gasteiger partial charge in [-0.1, -0.05) is 42.5 Å². The van der Waals surface area contributed by atoms with Gasteiger partial charge in [-0.3, -0.25) is 18.8 Å². The zero-order valence-electron chi connectivity index (χ0n) is 21.8. The van der Waals surface area contributed by atoms with Gasteiger partial charge in [0.25, 0.3) is 11.5 Å². The Bertz CT molecular complexity index is 1970. The van der Waals surface area contributed by atoms with Crippen LogP contribution in [0.25, 0.3) is 34.4 Å². The molecule has 11 nitrogen and oxygen atoms in total. The van der Waals surface area contributed by atoms with Gasteiger partial charge in [0, 0.05) is 31.2 Å². The summed E-state index contributed by atoms with van der Waals surface area (Å²) < 4.78 is 4.70. The second-order valence-corrected chi connectivity index (χ2v) is 9.31. The van der Waals surface area contributed by atoms with Crippen molar-refractivity contribution >= 4 is 40.4 Å². The van der Waals surface area contributed by atoms with E-state index in [0.717, 1.165) is 11.1 Å². The van der Waals surface area contributed by atoms with Crippen molar-refractivity contribution < 1.29 is 4.79 Å². The minimum atomic E-state index is -0.669. The summed E-state index contributed by atoms with van der Waals surface area (Å²) in [5, 5.41) is 11.8. The lowest BCUT2D eigenvalue weighted by Crippen LogP contribution is -2.33. The Hall–Kier alpha value is -5.58. The highest BCUT2D eigenvalue weighted by atomic mass is 16.2. The van der Waals surface area contributed by atoms with Crippen molar-refractivity contribution in [2.24, 2.45) is 7.05 Å². The van der Waals surface area contributed by atoms with Crippen LogP contribution in [0.15, 0.2) is 84.2 Å². The normalized spacial score (nSPS) is 12.3. The predicted octanol–water partition coefficient (Wildman–Crippen LogP) is 3.41. The molecule has 0 bridgehead atoms. The van der Waals surface area contributed by atoms with Crippen LogP contribution in [0.5, 0.6) is 0 Å². The van der Waals surface area contributed by atoms with E-state index in [1.165, 1.54) is 9.08 Å². The highest BCUT2D eigenvalue weighted by Crippen LogP contribution is 2.23. The number of aryl methyl sites for hydroxylation is 1. The smallest absolute Gasteiger partial charge is 0.266 e. The van der Waals surface area contributed by atoms with E-state index < -0.39 is 11.9 Å². The number of hydrogen-bond acceptors (Lipinski definition) is 7. The third-order valence-electron chi connectivity index (χ3n) is 6.53. The highest BCUT2D eigenvalue weighted by Gasteiger charge is 2.24. The van der Waals surface area contributed by atoms with Crippen molar-refractivity contribution in [1.29, 1.82) is 0 Å². The zero-order valence-corrected chi connectivity index (χ0v) is 21.8. The van der Waals surface area contributed by atoms with Gasteiger partial charge in [0.1, 0.15) is 11.4 Å². The van der Waals surface area contributed by atoms with Crippen LogP contribution in [0.1, 0.15) is 40.3 Å². The molecule has 1 unspecified atom stereocenters. The van der Waals surface area contributed by atoms with Gasteiger partial charge in [-0.25, -0.2) is 14.5 Å². The second-order valence-electron chi connectivity index (χ2n) is 9.31. The number of hydrogen-bond donors (Lipinski definition) is 2. The van der Waals surface area contributed by atoms with Gasteiger partial charge in [-0.05, 0) is 36.8 Å². The number of aromatic nitrogens is 7. The number of para-hydroxylation sites is 1. The van der Waals surface area contributed by atoms with E-state index in [2.05, 4.69) is 20.5 Å². The first-order chi connectivity index (χ1) is 19.4. The Morgan fingerprint density at radius 1 is 1.07 bits per heavy atom. The quantitative estimate of drug-likeness (QED) is 0.336. The molecule has 0 saturated heterocycles. The molecule has 1 amide bonds. The van der Waals surface area contributed by atoms with Crippen LogP contribution in [0.4, 0.5) is 5.82 Å². The van der Waals surface area contributed by atoms with E-state index >= 15 is 0 Å². The largest absolute Gasteiger partial charge is 0.381 e. The maximum atomic E-state index is 14.2. The van der Waals surface area contributed by atoms with Gasteiger partial charge < -0.3 is 11.1 Å². The van der Waals surface area contributed by atoms with Crippen molar-refractivity contribution in [3.63, 3.8) is 0 Å². The van der Waals surface area contributed by atoms with Crippen molar-refractivity contribution in [3.8, 4) is 5.69 Å². The summed E-state index contributed by atoms with van der Waals surface area (Å²) in [5.74, 6) is -0.0466. The first kappa shape index (κ1) is 24.7. The van der Waals surface area contributed by atoms with Crippen LogP contribution in [-0.4, -0.2) is 39.8 Å². The van der Waals surface area contributed by atoms with Crippen molar-refractivity contribution in [3.05, 3.63) is 112 Å². The third kappa shape index (κ3) is 4.39. The molecule has 1 atom stereocenters. The summed E-state index contributed by atoms with van der Waals surface area (Å²) in [6.45, 7) is 1.77. The minimum absolute atomic E-state index is 0.0559. The molecule has 40 heavy (non-hydrogen) atoms. The predicted molar refractivity (Wildman–Crippen MR) is 153 cm³/mol. The van der Waals surface area contributed by atoms with E-state index in [4.69, 9.17) is 10.7 Å². The fourth-order valence-corrected chi connectivity index (χ4v) is 4.70. The fourth-order valence-electron chi connectivity index (χ4n) is 4.70. The maximum Gasteiger partial charge on any atom is 0.266 e. The Morgan fingerprint density at radius 3 is 2.67 bits per heavy atom. The SMILES string of the molecule is CC(NC(=O)c1c(N)nn2cccnc12)c1nc2cccc(C=Cc3cnn(C)c3)c2c(=O)n1-c1ccccc1. The maximum absolute atomic E-state index is 14.2. The Labute approximate surface area is 228 Å². The summed E-state index contributed by atoms with van der Waals surface area (Å²) in [6.07, 6.45) is 10.6. The Kier molecular flexibility index (Phi) is 6.15. The first-order valence-corrected chi connectivity index (χ1v) is 12.6. The molecule has 4 aromatic heterocycles. The molecule has 0 aliphatic heterocycles. The second kappa shape index (κ2) is 9.95. The number of nitrogens with zero attached hydrogens (tertiary/aromatic N) is 7. The molecule has 4 heterocycles. The van der Waals surface area contributed by atoms with E-state index in [0.29, 0.717) is 28.1 Å². The zero-order chi connectivity index (χ0) is 27.8. The monoisotopic (exact) mass is 531 g/mol. The number of carbonyl (C=O) groups is 1. The van der Waals surface area contributed by atoms with E-state index in [1.54, 1.807) is 42.3 Å². The average molecular weight is 532 g/mol. The van der Waals surface area contributed by atoms with Crippen molar-refractivity contribution in [2.45, 2.75) is 13.0 Å². The molecule has 0 radical (unpaired) electrons. The molecule has 198 valence electrons. The van der Waals surface area contributed by atoms with Gasteiger partial charge in [0.2, 0.25) is 0 Å². The molecule has 6 aromatic rings. The number of nitrogens with one attached hydrogen (secondary N) is 1. The number of nitrogen functional groups attached to an aromatic ring is 1. The topological polar surface area (TPSA) is 138 Å². The molecule has 0 aliphatic carbocycles. The van der Waals surface area contributed by atoms with Gasteiger partial charge in [-0.2, -0.15) is 5.10 Å². The minimum Gasteiger partial charge on any atom is -0.381 e. The number of anilines is 1. The molecule has 0 saturated carbocycles. The van der Waals surface area contributed by atoms with E-state index in [9.17, 15) is 9.59 Å². The van der Waals surface area contributed by atoms with Crippen LogP contribution >= 0.6 is 0 Å². The summed E-state index contributed by atoms with van der Waals surface area (Å²) in [4.78, 5) is 36.7.